The van der Waals surface area contributed by atoms with Crippen LogP contribution in [0.2, 0.25) is 0 Å². The molecule has 0 aliphatic carbocycles. The van der Waals surface area contributed by atoms with E-state index in [-0.39, 0.29) is 5.88 Å². The fourth-order valence-corrected chi connectivity index (χ4v) is 1.14. The molecule has 1 N–H and O–H groups in total. The Kier molecular flexibility index (Phi) is 2.86. The summed E-state index contributed by atoms with van der Waals surface area (Å²) in [4.78, 5) is 11.4. The molecule has 16 heavy (non-hydrogen) atoms. The topological polar surface area (TPSA) is 64.4 Å². The van der Waals surface area contributed by atoms with Gasteiger partial charge in [-0.05, 0) is 19.1 Å². The largest absolute Gasteiger partial charge is 0.419 e. The number of ether oxygens (including phenoxy) is 1. The second-order valence-electron chi connectivity index (χ2n) is 3.16. The Hall–Kier alpha value is -2.30. The van der Waals surface area contributed by atoms with Gasteiger partial charge in [-0.3, -0.25) is 5.32 Å². The molecular weight excluding hydrogens is 208 g/mol. The van der Waals surface area contributed by atoms with Crippen LogP contribution in [0.1, 0.15) is 5.69 Å². The van der Waals surface area contributed by atoms with Crippen molar-refractivity contribution in [1.29, 1.82) is 0 Å². The summed E-state index contributed by atoms with van der Waals surface area (Å²) in [5.41, 5.74) is 0.690. The lowest BCUT2D eigenvalue weighted by molar-refractivity contribution is 0.214. The number of benzene rings is 1. The van der Waals surface area contributed by atoms with Crippen LogP contribution in [0.3, 0.4) is 0 Å². The quantitative estimate of drug-likeness (QED) is 0.841. The maximum Gasteiger partial charge on any atom is 0.419 e. The second-order valence-corrected chi connectivity index (χ2v) is 3.16. The molecule has 0 unspecified atom stereocenters. The summed E-state index contributed by atoms with van der Waals surface area (Å²) in [5.74, 6) is 0.731. The summed E-state index contributed by atoms with van der Waals surface area (Å²) in [5, 5.41) is 6.05. The molecule has 1 aromatic heterocycles. The molecule has 5 nitrogen and oxygen atoms in total. The third-order valence-corrected chi connectivity index (χ3v) is 1.81. The molecule has 0 fully saturated rings. The third-order valence-electron chi connectivity index (χ3n) is 1.81. The number of carbonyl (C=O) groups excluding carboxylic acids is 1. The van der Waals surface area contributed by atoms with Crippen molar-refractivity contribution < 1.29 is 14.1 Å². The highest BCUT2D eigenvalue weighted by Gasteiger charge is 2.07. The lowest BCUT2D eigenvalue weighted by Gasteiger charge is -2.02. The molecule has 82 valence electrons. The van der Waals surface area contributed by atoms with Gasteiger partial charge < -0.3 is 9.26 Å². The monoisotopic (exact) mass is 218 g/mol. The fourth-order valence-electron chi connectivity index (χ4n) is 1.14. The van der Waals surface area contributed by atoms with Crippen LogP contribution in [0.5, 0.6) is 5.75 Å². The zero-order valence-electron chi connectivity index (χ0n) is 8.64. The Bertz CT molecular complexity index is 479. The average molecular weight is 218 g/mol. The van der Waals surface area contributed by atoms with Gasteiger partial charge in [-0.2, -0.15) is 0 Å². The molecule has 0 aliphatic rings. The van der Waals surface area contributed by atoms with Gasteiger partial charge in [0.25, 0.3) is 0 Å². The van der Waals surface area contributed by atoms with E-state index >= 15 is 0 Å². The van der Waals surface area contributed by atoms with E-state index in [1.54, 1.807) is 37.3 Å². The molecule has 1 aromatic carbocycles. The van der Waals surface area contributed by atoms with Gasteiger partial charge in [-0.1, -0.05) is 23.4 Å². The third kappa shape index (κ3) is 2.60. The maximum atomic E-state index is 11.4. The number of aryl methyl sites for hydroxylation is 1. The number of anilines is 1. The Labute approximate surface area is 92.0 Å². The molecule has 2 rings (SSSR count). The summed E-state index contributed by atoms with van der Waals surface area (Å²) in [7, 11) is 0. The molecule has 5 heteroatoms. The molecule has 1 amide bonds. The molecule has 0 atom stereocenters. The molecule has 0 saturated heterocycles. The number of nitrogens with one attached hydrogen (secondary N) is 1. The van der Waals surface area contributed by atoms with Gasteiger partial charge in [0.15, 0.2) is 0 Å². The number of amides is 1. The van der Waals surface area contributed by atoms with Crippen molar-refractivity contribution in [2.24, 2.45) is 0 Å². The molecule has 2 aromatic rings. The summed E-state index contributed by atoms with van der Waals surface area (Å²) in [6.07, 6.45) is -0.609. The van der Waals surface area contributed by atoms with E-state index in [0.717, 1.165) is 0 Å². The standard InChI is InChI=1S/C11H10N2O3/c1-8-7-10(16-13-8)12-11(14)15-9-5-3-2-4-6-9/h2-7H,1H3,(H,12,14). The van der Waals surface area contributed by atoms with E-state index in [2.05, 4.69) is 10.5 Å². The van der Waals surface area contributed by atoms with Gasteiger partial charge in [-0.25, -0.2) is 4.79 Å². The minimum absolute atomic E-state index is 0.262. The Balaban J connectivity index is 1.95. The van der Waals surface area contributed by atoms with Gasteiger partial charge >= 0.3 is 6.09 Å². The number of para-hydroxylation sites is 1. The number of rotatable bonds is 2. The normalized spacial score (nSPS) is 9.81. The minimum atomic E-state index is -0.609. The summed E-state index contributed by atoms with van der Waals surface area (Å²) in [6.45, 7) is 1.76. The predicted octanol–water partition coefficient (Wildman–Crippen LogP) is 2.59. The van der Waals surface area contributed by atoms with Crippen molar-refractivity contribution in [3.05, 3.63) is 42.1 Å². The summed E-state index contributed by atoms with van der Waals surface area (Å²) in [6, 6.07) is 10.4. The first-order valence-corrected chi connectivity index (χ1v) is 4.71. The molecule has 0 spiro atoms. The van der Waals surface area contributed by atoms with Crippen molar-refractivity contribution >= 4 is 12.0 Å². The first kappa shape index (κ1) is 10.2. The highest BCUT2D eigenvalue weighted by atomic mass is 16.6. The van der Waals surface area contributed by atoms with Gasteiger partial charge in [-0.15, -0.1) is 0 Å². The highest BCUT2D eigenvalue weighted by molar-refractivity contribution is 5.84. The van der Waals surface area contributed by atoms with E-state index in [0.29, 0.717) is 11.4 Å². The molecule has 0 bridgehead atoms. The van der Waals surface area contributed by atoms with Crippen molar-refractivity contribution in [2.45, 2.75) is 6.92 Å². The molecule has 0 saturated carbocycles. The number of hydrogen-bond donors (Lipinski definition) is 1. The van der Waals surface area contributed by atoms with Gasteiger partial charge in [0.05, 0.1) is 5.69 Å². The SMILES string of the molecule is Cc1cc(NC(=O)Oc2ccccc2)on1. The van der Waals surface area contributed by atoms with Crippen LogP contribution >= 0.6 is 0 Å². The Morgan fingerprint density at radius 2 is 2.12 bits per heavy atom. The number of carbonyl (C=O) groups is 1. The fraction of sp³-hybridized carbons (Fsp3) is 0.0909. The van der Waals surface area contributed by atoms with Gasteiger partial charge in [0.1, 0.15) is 5.75 Å². The van der Waals surface area contributed by atoms with E-state index in [4.69, 9.17) is 9.26 Å². The second kappa shape index (κ2) is 4.48. The number of nitrogens with zero attached hydrogens (tertiary/aromatic N) is 1. The summed E-state index contributed by atoms with van der Waals surface area (Å²) >= 11 is 0. The van der Waals surface area contributed by atoms with Crippen molar-refractivity contribution in [1.82, 2.24) is 5.16 Å². The molecule has 0 aliphatic heterocycles. The Morgan fingerprint density at radius 1 is 1.38 bits per heavy atom. The highest BCUT2D eigenvalue weighted by Crippen LogP contribution is 2.12. The lowest BCUT2D eigenvalue weighted by Crippen LogP contribution is -2.16. The molecular formula is C11H10N2O3. The van der Waals surface area contributed by atoms with E-state index in [1.165, 1.54) is 0 Å². The van der Waals surface area contributed by atoms with Gasteiger partial charge in [0, 0.05) is 6.07 Å². The summed E-state index contributed by atoms with van der Waals surface area (Å²) < 4.78 is 9.80. The number of aromatic nitrogens is 1. The van der Waals surface area contributed by atoms with Crippen LogP contribution in [0, 0.1) is 6.92 Å². The smallest absolute Gasteiger partial charge is 0.410 e. The van der Waals surface area contributed by atoms with Crippen LogP contribution in [-0.4, -0.2) is 11.2 Å². The average Bonchev–Trinajstić information content (AvgIpc) is 2.65. The van der Waals surface area contributed by atoms with Gasteiger partial charge in [0.2, 0.25) is 5.88 Å². The Morgan fingerprint density at radius 3 is 2.75 bits per heavy atom. The van der Waals surface area contributed by atoms with E-state index < -0.39 is 6.09 Å². The predicted molar refractivity (Wildman–Crippen MR) is 57.3 cm³/mol. The van der Waals surface area contributed by atoms with Crippen LogP contribution in [-0.2, 0) is 0 Å². The zero-order chi connectivity index (χ0) is 11.4. The van der Waals surface area contributed by atoms with Crippen LogP contribution in [0.4, 0.5) is 10.7 Å². The van der Waals surface area contributed by atoms with E-state index in [1.807, 2.05) is 6.07 Å². The minimum Gasteiger partial charge on any atom is -0.410 e. The van der Waals surface area contributed by atoms with Crippen LogP contribution < -0.4 is 10.1 Å². The lowest BCUT2D eigenvalue weighted by atomic mass is 10.3. The molecule has 1 heterocycles. The van der Waals surface area contributed by atoms with Crippen molar-refractivity contribution in [2.75, 3.05) is 5.32 Å². The maximum absolute atomic E-state index is 11.4. The molecule has 0 radical (unpaired) electrons. The zero-order valence-corrected chi connectivity index (χ0v) is 8.64. The first-order chi connectivity index (χ1) is 7.74. The van der Waals surface area contributed by atoms with Crippen LogP contribution in [0.25, 0.3) is 0 Å². The van der Waals surface area contributed by atoms with E-state index in [9.17, 15) is 4.79 Å². The number of hydrogen-bond acceptors (Lipinski definition) is 4. The van der Waals surface area contributed by atoms with Crippen molar-refractivity contribution in [3.8, 4) is 5.75 Å². The van der Waals surface area contributed by atoms with Crippen LogP contribution in [0.15, 0.2) is 40.9 Å². The van der Waals surface area contributed by atoms with Crippen molar-refractivity contribution in [3.63, 3.8) is 0 Å². The first-order valence-electron chi connectivity index (χ1n) is 4.71.